The quantitative estimate of drug-likeness (QED) is 0.878. The Balaban J connectivity index is 1.99. The molecular formula is C17H19F3N4O2. The van der Waals surface area contributed by atoms with Crippen molar-refractivity contribution in [1.29, 1.82) is 0 Å². The first-order valence-corrected chi connectivity index (χ1v) is 8.31. The average Bonchev–Trinajstić information content (AvgIpc) is 3.22. The van der Waals surface area contributed by atoms with Crippen molar-refractivity contribution in [3.63, 3.8) is 0 Å². The first kappa shape index (κ1) is 18.4. The molecule has 2 heterocycles. The van der Waals surface area contributed by atoms with E-state index in [1.54, 1.807) is 7.05 Å². The Kier molecular flexibility index (Phi) is 4.99. The van der Waals surface area contributed by atoms with Gasteiger partial charge in [0.05, 0.1) is 5.56 Å². The van der Waals surface area contributed by atoms with Crippen LogP contribution in [0.2, 0.25) is 0 Å². The summed E-state index contributed by atoms with van der Waals surface area (Å²) in [4.78, 5) is 17.5. The van der Waals surface area contributed by atoms with Gasteiger partial charge in [-0.15, -0.1) is 0 Å². The third-order valence-electron chi connectivity index (χ3n) is 4.33. The molecule has 0 aliphatic carbocycles. The predicted octanol–water partition coefficient (Wildman–Crippen LogP) is 3.03. The Morgan fingerprint density at radius 3 is 2.73 bits per heavy atom. The number of benzene rings is 1. The molecule has 1 N–H and O–H groups in total. The summed E-state index contributed by atoms with van der Waals surface area (Å²) in [5.74, 6) is 0.213. The minimum Gasteiger partial charge on any atom is -0.334 e. The van der Waals surface area contributed by atoms with Crippen LogP contribution in [0.25, 0.3) is 11.5 Å². The van der Waals surface area contributed by atoms with Crippen LogP contribution in [0.4, 0.5) is 18.9 Å². The molecule has 1 aromatic carbocycles. The van der Waals surface area contributed by atoms with E-state index in [1.807, 2.05) is 6.92 Å². The first-order valence-electron chi connectivity index (χ1n) is 8.31. The standard InChI is InChI=1S/C17H19F3N4O2/c1-10(21-2)6-14-22-16(26-23-14)11-7-12(17(18,19)20)9-13(8-11)24-5-3-4-15(24)25/h7-10,21H,3-6H2,1-2H3. The van der Waals surface area contributed by atoms with Crippen molar-refractivity contribution in [1.82, 2.24) is 15.5 Å². The SMILES string of the molecule is CNC(C)Cc1noc(-c2cc(N3CCCC3=O)cc(C(F)(F)F)c2)n1. The van der Waals surface area contributed by atoms with Gasteiger partial charge in [-0.1, -0.05) is 5.16 Å². The summed E-state index contributed by atoms with van der Waals surface area (Å²) >= 11 is 0. The molecule has 1 saturated heterocycles. The van der Waals surface area contributed by atoms with Crippen molar-refractivity contribution in [2.75, 3.05) is 18.5 Å². The molecule has 1 aliphatic rings. The molecule has 9 heteroatoms. The smallest absolute Gasteiger partial charge is 0.334 e. The molecule has 1 amide bonds. The fourth-order valence-corrected chi connectivity index (χ4v) is 2.81. The zero-order valence-electron chi connectivity index (χ0n) is 14.4. The molecule has 1 atom stereocenters. The number of carbonyl (C=O) groups excluding carboxylic acids is 1. The van der Waals surface area contributed by atoms with E-state index in [-0.39, 0.29) is 29.1 Å². The minimum atomic E-state index is -4.54. The van der Waals surface area contributed by atoms with Crippen molar-refractivity contribution in [2.24, 2.45) is 0 Å². The summed E-state index contributed by atoms with van der Waals surface area (Å²) in [6.07, 6.45) is -3.11. The molecule has 26 heavy (non-hydrogen) atoms. The number of nitrogens with zero attached hydrogens (tertiary/aromatic N) is 3. The maximum Gasteiger partial charge on any atom is 0.416 e. The summed E-state index contributed by atoms with van der Waals surface area (Å²) < 4.78 is 45.0. The van der Waals surface area contributed by atoms with Crippen LogP contribution in [-0.4, -0.2) is 35.7 Å². The van der Waals surface area contributed by atoms with Gasteiger partial charge in [-0.05, 0) is 38.6 Å². The monoisotopic (exact) mass is 368 g/mol. The summed E-state index contributed by atoms with van der Waals surface area (Å²) in [6.45, 7) is 2.33. The van der Waals surface area contributed by atoms with Crippen molar-refractivity contribution in [2.45, 2.75) is 38.4 Å². The average molecular weight is 368 g/mol. The topological polar surface area (TPSA) is 71.3 Å². The van der Waals surface area contributed by atoms with Gasteiger partial charge in [0.2, 0.25) is 5.91 Å². The fraction of sp³-hybridized carbons (Fsp3) is 0.471. The number of hydrogen-bond acceptors (Lipinski definition) is 5. The van der Waals surface area contributed by atoms with E-state index in [4.69, 9.17) is 4.52 Å². The van der Waals surface area contributed by atoms with Gasteiger partial charge >= 0.3 is 6.18 Å². The minimum absolute atomic E-state index is 0.00213. The molecule has 140 valence electrons. The Labute approximate surface area is 148 Å². The first-order chi connectivity index (χ1) is 12.3. The molecule has 6 nitrogen and oxygen atoms in total. The van der Waals surface area contributed by atoms with Crippen LogP contribution in [0, 0.1) is 0 Å². The number of amides is 1. The number of nitrogens with one attached hydrogen (secondary N) is 1. The lowest BCUT2D eigenvalue weighted by Crippen LogP contribution is -2.24. The number of anilines is 1. The van der Waals surface area contributed by atoms with Crippen molar-refractivity contribution in [3.05, 3.63) is 29.6 Å². The molecule has 1 aliphatic heterocycles. The van der Waals surface area contributed by atoms with E-state index >= 15 is 0 Å². The highest BCUT2D eigenvalue weighted by molar-refractivity contribution is 5.96. The summed E-state index contributed by atoms with van der Waals surface area (Å²) in [6, 6.07) is 3.52. The largest absolute Gasteiger partial charge is 0.416 e. The second-order valence-corrected chi connectivity index (χ2v) is 6.32. The number of hydrogen-bond donors (Lipinski definition) is 1. The van der Waals surface area contributed by atoms with Crippen LogP contribution < -0.4 is 10.2 Å². The van der Waals surface area contributed by atoms with Crippen LogP contribution in [-0.2, 0) is 17.4 Å². The third-order valence-corrected chi connectivity index (χ3v) is 4.33. The maximum absolute atomic E-state index is 13.3. The Bertz CT molecular complexity index is 804. The van der Waals surface area contributed by atoms with Crippen molar-refractivity contribution in [3.8, 4) is 11.5 Å². The molecule has 3 rings (SSSR count). The van der Waals surface area contributed by atoms with E-state index in [9.17, 15) is 18.0 Å². The number of halogens is 3. The molecule has 0 spiro atoms. The lowest BCUT2D eigenvalue weighted by molar-refractivity contribution is -0.137. The predicted molar refractivity (Wildman–Crippen MR) is 88.5 cm³/mol. The van der Waals surface area contributed by atoms with Gasteiger partial charge < -0.3 is 14.7 Å². The zero-order chi connectivity index (χ0) is 18.9. The second-order valence-electron chi connectivity index (χ2n) is 6.32. The number of rotatable bonds is 5. The summed E-state index contributed by atoms with van der Waals surface area (Å²) in [5.41, 5.74) is -0.515. The number of carbonyl (C=O) groups is 1. The number of likely N-dealkylation sites (N-methyl/N-ethyl adjacent to an activating group) is 1. The highest BCUT2D eigenvalue weighted by Gasteiger charge is 2.33. The normalized spacial score (nSPS) is 16.3. The van der Waals surface area contributed by atoms with Crippen molar-refractivity contribution < 1.29 is 22.5 Å². The highest BCUT2D eigenvalue weighted by atomic mass is 19.4. The zero-order valence-corrected chi connectivity index (χ0v) is 14.4. The Morgan fingerprint density at radius 1 is 1.35 bits per heavy atom. The van der Waals surface area contributed by atoms with Gasteiger partial charge in [-0.3, -0.25) is 4.79 Å². The van der Waals surface area contributed by atoms with Crippen LogP contribution >= 0.6 is 0 Å². The van der Waals surface area contributed by atoms with Crippen LogP contribution in [0.3, 0.4) is 0 Å². The van der Waals surface area contributed by atoms with Crippen molar-refractivity contribution >= 4 is 11.6 Å². The van der Waals surface area contributed by atoms with Gasteiger partial charge in [0.1, 0.15) is 0 Å². The van der Waals surface area contributed by atoms with Gasteiger partial charge in [0.25, 0.3) is 5.89 Å². The molecule has 0 radical (unpaired) electrons. The van der Waals surface area contributed by atoms with Gasteiger partial charge in [-0.2, -0.15) is 18.2 Å². The Hall–Kier alpha value is -2.42. The summed E-state index contributed by atoms with van der Waals surface area (Å²) in [7, 11) is 1.79. The third kappa shape index (κ3) is 3.87. The van der Waals surface area contributed by atoms with E-state index in [1.165, 1.54) is 11.0 Å². The lowest BCUT2D eigenvalue weighted by Gasteiger charge is -2.18. The van der Waals surface area contributed by atoms with Crippen LogP contribution in [0.15, 0.2) is 22.7 Å². The number of aromatic nitrogens is 2. The number of alkyl halides is 3. The molecule has 2 aromatic rings. The van der Waals surface area contributed by atoms with E-state index in [2.05, 4.69) is 15.5 Å². The van der Waals surface area contributed by atoms with E-state index in [0.29, 0.717) is 31.6 Å². The molecule has 1 unspecified atom stereocenters. The van der Waals surface area contributed by atoms with Gasteiger partial charge in [0.15, 0.2) is 5.82 Å². The molecular weight excluding hydrogens is 349 g/mol. The lowest BCUT2D eigenvalue weighted by atomic mass is 10.1. The van der Waals surface area contributed by atoms with E-state index in [0.717, 1.165) is 12.1 Å². The van der Waals surface area contributed by atoms with Gasteiger partial charge in [-0.25, -0.2) is 0 Å². The maximum atomic E-state index is 13.3. The van der Waals surface area contributed by atoms with Crippen LogP contribution in [0.5, 0.6) is 0 Å². The summed E-state index contributed by atoms with van der Waals surface area (Å²) in [5, 5.41) is 6.85. The molecule has 0 saturated carbocycles. The van der Waals surface area contributed by atoms with Crippen LogP contribution in [0.1, 0.15) is 31.2 Å². The molecule has 1 fully saturated rings. The fourth-order valence-electron chi connectivity index (χ4n) is 2.81. The Morgan fingerprint density at radius 2 is 2.12 bits per heavy atom. The highest BCUT2D eigenvalue weighted by Crippen LogP contribution is 2.36. The molecule has 1 aromatic heterocycles. The van der Waals surface area contributed by atoms with Gasteiger partial charge in [0, 0.05) is 36.7 Å². The van der Waals surface area contributed by atoms with E-state index < -0.39 is 11.7 Å². The second kappa shape index (κ2) is 7.06. The molecule has 0 bridgehead atoms.